The van der Waals surface area contributed by atoms with Crippen molar-refractivity contribution in [3.8, 4) is 0 Å². The maximum Gasteiger partial charge on any atom is 0.405 e. The van der Waals surface area contributed by atoms with E-state index in [9.17, 15) is 13.2 Å². The largest absolute Gasteiger partial charge is 0.405 e. The maximum atomic E-state index is 12.8. The van der Waals surface area contributed by atoms with Gasteiger partial charge in [0.05, 0.1) is 0 Å². The lowest BCUT2D eigenvalue weighted by atomic mass is 10.1. The summed E-state index contributed by atoms with van der Waals surface area (Å²) >= 11 is 0. The summed E-state index contributed by atoms with van der Waals surface area (Å²) in [5.41, 5.74) is 0.842. The molecular weight excluding hydrogens is 229 g/mol. The number of unbranched alkanes of at least 4 members (excludes halogenated alkanes) is 1. The van der Waals surface area contributed by atoms with Crippen molar-refractivity contribution in [3.63, 3.8) is 0 Å². The monoisotopic (exact) mass is 250 g/mol. The Morgan fingerprint density at radius 3 is 2.53 bits per heavy atom. The van der Waals surface area contributed by atoms with Crippen LogP contribution in [-0.4, -0.2) is 48.7 Å². The predicted molar refractivity (Wildman–Crippen MR) is 62.7 cm³/mol. The van der Waals surface area contributed by atoms with Crippen molar-refractivity contribution in [1.82, 2.24) is 9.80 Å². The highest BCUT2D eigenvalue weighted by Gasteiger charge is 2.45. The lowest BCUT2D eigenvalue weighted by molar-refractivity contribution is -0.191. The second kappa shape index (κ2) is 5.76. The number of alkyl halides is 3. The van der Waals surface area contributed by atoms with E-state index in [0.717, 1.165) is 25.0 Å². The van der Waals surface area contributed by atoms with Crippen LogP contribution in [0, 0.1) is 0 Å². The van der Waals surface area contributed by atoms with Gasteiger partial charge >= 0.3 is 6.18 Å². The van der Waals surface area contributed by atoms with Gasteiger partial charge in [-0.3, -0.25) is 4.90 Å². The summed E-state index contributed by atoms with van der Waals surface area (Å²) < 4.78 is 38.3. The number of nitrogens with zero attached hydrogens (tertiary/aromatic N) is 2. The minimum Gasteiger partial charge on any atom is -0.372 e. The van der Waals surface area contributed by atoms with Gasteiger partial charge in [-0.05, 0) is 19.9 Å². The molecule has 17 heavy (non-hydrogen) atoms. The van der Waals surface area contributed by atoms with E-state index in [4.69, 9.17) is 0 Å². The average Bonchev–Trinajstić information content (AvgIpc) is 2.25. The molecular formula is C12H21F3N2. The van der Waals surface area contributed by atoms with Gasteiger partial charge in [0.15, 0.2) is 0 Å². The highest BCUT2D eigenvalue weighted by Crippen LogP contribution is 2.28. The summed E-state index contributed by atoms with van der Waals surface area (Å²) in [6.07, 6.45) is -1.33. The van der Waals surface area contributed by atoms with E-state index in [1.165, 1.54) is 11.9 Å². The standard InChI is InChI=1S/C12H21F3N2/c1-4-5-6-10(2)17-8-7-16(3)11(9-17)12(13,14)15/h11H,2,4-9H2,1,3H3. The molecule has 0 saturated carbocycles. The molecule has 1 rings (SSSR count). The Labute approximate surface area is 101 Å². The van der Waals surface area contributed by atoms with Gasteiger partial charge in [-0.1, -0.05) is 19.9 Å². The lowest BCUT2D eigenvalue weighted by Crippen LogP contribution is -2.57. The van der Waals surface area contributed by atoms with Crippen molar-refractivity contribution >= 4 is 0 Å². The molecule has 0 amide bonds. The van der Waals surface area contributed by atoms with Crippen LogP contribution in [0.2, 0.25) is 0 Å². The Hall–Kier alpha value is -0.710. The third kappa shape index (κ3) is 3.91. The zero-order valence-electron chi connectivity index (χ0n) is 10.6. The van der Waals surface area contributed by atoms with E-state index >= 15 is 0 Å². The highest BCUT2D eigenvalue weighted by atomic mass is 19.4. The summed E-state index contributed by atoms with van der Waals surface area (Å²) in [5, 5.41) is 0. The van der Waals surface area contributed by atoms with Gasteiger partial charge in [-0.25, -0.2) is 0 Å². The van der Waals surface area contributed by atoms with E-state index < -0.39 is 12.2 Å². The van der Waals surface area contributed by atoms with Crippen LogP contribution in [0.25, 0.3) is 0 Å². The van der Waals surface area contributed by atoms with Gasteiger partial charge in [0.1, 0.15) is 6.04 Å². The maximum absolute atomic E-state index is 12.8. The van der Waals surface area contributed by atoms with Gasteiger partial charge < -0.3 is 4.90 Å². The van der Waals surface area contributed by atoms with Gasteiger partial charge in [-0.15, -0.1) is 0 Å². The zero-order chi connectivity index (χ0) is 13.1. The van der Waals surface area contributed by atoms with E-state index in [0.29, 0.717) is 13.1 Å². The number of halogens is 3. The number of likely N-dealkylation sites (N-methyl/N-ethyl adjacent to an activating group) is 1. The number of hydrogen-bond acceptors (Lipinski definition) is 2. The molecule has 1 aliphatic heterocycles. The fourth-order valence-electron chi connectivity index (χ4n) is 2.05. The van der Waals surface area contributed by atoms with Crippen LogP contribution >= 0.6 is 0 Å². The van der Waals surface area contributed by atoms with E-state index in [2.05, 4.69) is 13.5 Å². The Balaban J connectivity index is 2.58. The number of allylic oxidation sites excluding steroid dienone is 1. The fourth-order valence-corrected chi connectivity index (χ4v) is 2.05. The quantitative estimate of drug-likeness (QED) is 0.757. The van der Waals surface area contributed by atoms with E-state index in [1.54, 1.807) is 4.90 Å². The van der Waals surface area contributed by atoms with Crippen molar-refractivity contribution < 1.29 is 13.2 Å². The normalized spacial score (nSPS) is 22.9. The van der Waals surface area contributed by atoms with Crippen LogP contribution in [0.1, 0.15) is 26.2 Å². The molecule has 0 aliphatic carbocycles. The molecule has 0 bridgehead atoms. The zero-order valence-corrected chi connectivity index (χ0v) is 10.6. The Bertz CT molecular complexity index is 263. The first-order valence-electron chi connectivity index (χ1n) is 6.06. The molecule has 0 aromatic carbocycles. The molecule has 1 atom stereocenters. The predicted octanol–water partition coefficient (Wildman–Crippen LogP) is 2.87. The van der Waals surface area contributed by atoms with Crippen LogP contribution in [0.15, 0.2) is 12.3 Å². The summed E-state index contributed by atoms with van der Waals surface area (Å²) in [5.74, 6) is 0. The molecule has 1 unspecified atom stereocenters. The summed E-state index contributed by atoms with van der Waals surface area (Å²) in [4.78, 5) is 3.16. The molecule has 1 saturated heterocycles. The van der Waals surface area contributed by atoms with E-state index in [1.807, 2.05) is 0 Å². The van der Waals surface area contributed by atoms with Crippen LogP contribution in [0.5, 0.6) is 0 Å². The smallest absolute Gasteiger partial charge is 0.372 e. The van der Waals surface area contributed by atoms with Crippen molar-refractivity contribution in [2.45, 2.75) is 38.4 Å². The summed E-state index contributed by atoms with van der Waals surface area (Å²) in [6.45, 7) is 7.06. The SMILES string of the molecule is C=C(CCCC)N1CCN(C)C(C(F)(F)F)C1. The third-order valence-corrected chi connectivity index (χ3v) is 3.29. The Kier molecular flexibility index (Phi) is 4.86. The minimum atomic E-state index is -4.15. The van der Waals surface area contributed by atoms with Crippen molar-refractivity contribution in [3.05, 3.63) is 12.3 Å². The molecule has 1 aliphatic rings. The van der Waals surface area contributed by atoms with Crippen molar-refractivity contribution in [1.29, 1.82) is 0 Å². The fraction of sp³-hybridized carbons (Fsp3) is 0.833. The highest BCUT2D eigenvalue weighted by molar-refractivity contribution is 4.99. The van der Waals surface area contributed by atoms with E-state index in [-0.39, 0.29) is 6.54 Å². The minimum absolute atomic E-state index is 0.0164. The van der Waals surface area contributed by atoms with Gasteiger partial charge in [0, 0.05) is 25.3 Å². The molecule has 0 spiro atoms. The molecule has 2 nitrogen and oxygen atoms in total. The molecule has 5 heteroatoms. The van der Waals surface area contributed by atoms with Gasteiger partial charge in [0.25, 0.3) is 0 Å². The second-order valence-electron chi connectivity index (χ2n) is 4.65. The number of hydrogen-bond donors (Lipinski definition) is 0. The summed E-state index contributed by atoms with van der Waals surface area (Å²) in [6, 6.07) is -1.37. The van der Waals surface area contributed by atoms with Crippen LogP contribution in [0.4, 0.5) is 13.2 Å². The first kappa shape index (κ1) is 14.4. The van der Waals surface area contributed by atoms with Crippen LogP contribution in [-0.2, 0) is 0 Å². The first-order valence-corrected chi connectivity index (χ1v) is 6.06. The molecule has 100 valence electrons. The number of piperazine rings is 1. The van der Waals surface area contributed by atoms with Gasteiger partial charge in [0.2, 0.25) is 0 Å². The Morgan fingerprint density at radius 2 is 2.00 bits per heavy atom. The van der Waals surface area contributed by atoms with Crippen LogP contribution in [0.3, 0.4) is 0 Å². The molecule has 0 aromatic heterocycles. The third-order valence-electron chi connectivity index (χ3n) is 3.29. The van der Waals surface area contributed by atoms with Crippen molar-refractivity contribution in [2.75, 3.05) is 26.7 Å². The molecule has 1 heterocycles. The van der Waals surface area contributed by atoms with Crippen molar-refractivity contribution in [2.24, 2.45) is 0 Å². The first-order chi connectivity index (χ1) is 7.86. The van der Waals surface area contributed by atoms with Crippen LogP contribution < -0.4 is 0 Å². The lowest BCUT2D eigenvalue weighted by Gasteiger charge is -2.42. The Morgan fingerprint density at radius 1 is 1.35 bits per heavy atom. The van der Waals surface area contributed by atoms with Gasteiger partial charge in [-0.2, -0.15) is 13.2 Å². The summed E-state index contributed by atoms with van der Waals surface area (Å²) in [7, 11) is 1.53. The molecule has 0 radical (unpaired) electrons. The second-order valence-corrected chi connectivity index (χ2v) is 4.65. The average molecular weight is 250 g/mol. The molecule has 1 fully saturated rings. The molecule has 0 aromatic rings. The molecule has 0 N–H and O–H groups in total. The number of rotatable bonds is 4. The topological polar surface area (TPSA) is 6.48 Å².